The van der Waals surface area contributed by atoms with Crippen LogP contribution in [0.3, 0.4) is 0 Å². The van der Waals surface area contributed by atoms with Crippen molar-refractivity contribution in [3.8, 4) is 5.75 Å². The predicted molar refractivity (Wildman–Crippen MR) is 110 cm³/mol. The van der Waals surface area contributed by atoms with E-state index < -0.39 is 0 Å². The number of carbonyl (C=O) groups excluding carboxylic acids is 1. The lowest BCUT2D eigenvalue weighted by Crippen LogP contribution is -2.25. The molecular weight excluding hydrogens is 368 g/mol. The number of ether oxygens (including phenoxy) is 1. The van der Waals surface area contributed by atoms with Crippen LogP contribution in [-0.4, -0.2) is 57.3 Å². The van der Waals surface area contributed by atoms with E-state index in [0.717, 1.165) is 48.7 Å². The van der Waals surface area contributed by atoms with Gasteiger partial charge in [-0.15, -0.1) is 0 Å². The van der Waals surface area contributed by atoms with Gasteiger partial charge >= 0.3 is 0 Å². The third kappa shape index (κ3) is 4.22. The van der Waals surface area contributed by atoms with Crippen LogP contribution in [0, 0.1) is 0 Å². The summed E-state index contributed by atoms with van der Waals surface area (Å²) in [6.45, 7) is 5.34. The maximum absolute atomic E-state index is 11.7. The van der Waals surface area contributed by atoms with Crippen molar-refractivity contribution in [2.45, 2.75) is 32.4 Å². The van der Waals surface area contributed by atoms with Crippen LogP contribution < -0.4 is 10.1 Å². The van der Waals surface area contributed by atoms with Crippen molar-refractivity contribution in [1.82, 2.24) is 30.0 Å². The Morgan fingerprint density at radius 1 is 1.24 bits per heavy atom. The lowest BCUT2D eigenvalue weighted by Gasteiger charge is -2.12. The van der Waals surface area contributed by atoms with Crippen molar-refractivity contribution < 1.29 is 9.53 Å². The Kier molecular flexibility index (Phi) is 5.71. The number of fused-ring (bicyclic) bond motifs is 1. The normalized spacial score (nSPS) is 16.5. The molecule has 0 spiro atoms. The Hall–Kier alpha value is -3.00. The number of hydrogen-bond acceptors (Lipinski definition) is 6. The lowest BCUT2D eigenvalue weighted by atomic mass is 10.0. The van der Waals surface area contributed by atoms with E-state index in [2.05, 4.69) is 27.4 Å². The first-order valence-corrected chi connectivity index (χ1v) is 9.92. The van der Waals surface area contributed by atoms with Gasteiger partial charge in [0, 0.05) is 51.4 Å². The second kappa shape index (κ2) is 8.57. The largest absolute Gasteiger partial charge is 0.497 e. The highest BCUT2D eigenvalue weighted by Crippen LogP contribution is 2.30. The van der Waals surface area contributed by atoms with Crippen molar-refractivity contribution in [2.75, 3.05) is 26.7 Å². The second-order valence-corrected chi connectivity index (χ2v) is 7.31. The average Bonchev–Trinajstić information content (AvgIpc) is 3.37. The zero-order valence-corrected chi connectivity index (χ0v) is 16.8. The number of amides is 1. The molecule has 0 aliphatic carbocycles. The summed E-state index contributed by atoms with van der Waals surface area (Å²) in [4.78, 5) is 22.6. The second-order valence-electron chi connectivity index (χ2n) is 7.31. The van der Waals surface area contributed by atoms with Gasteiger partial charge in [-0.25, -0.2) is 14.6 Å². The maximum atomic E-state index is 11.7. The smallest absolute Gasteiger partial charge is 0.219 e. The van der Waals surface area contributed by atoms with E-state index in [-0.39, 0.29) is 11.8 Å². The minimum absolute atomic E-state index is 0.116. The van der Waals surface area contributed by atoms with Gasteiger partial charge in [-0.05, 0) is 24.1 Å². The summed E-state index contributed by atoms with van der Waals surface area (Å²) in [5.74, 6) is 1.19. The van der Waals surface area contributed by atoms with Crippen LogP contribution in [0.25, 0.3) is 11.2 Å². The zero-order valence-electron chi connectivity index (χ0n) is 16.8. The fourth-order valence-corrected chi connectivity index (χ4v) is 3.79. The van der Waals surface area contributed by atoms with Crippen LogP contribution in [-0.2, 0) is 17.9 Å². The van der Waals surface area contributed by atoms with Gasteiger partial charge in [0.2, 0.25) is 5.91 Å². The number of aromatic nitrogens is 4. The van der Waals surface area contributed by atoms with Crippen LogP contribution in [0.5, 0.6) is 5.75 Å². The van der Waals surface area contributed by atoms with E-state index in [1.807, 2.05) is 21.7 Å². The van der Waals surface area contributed by atoms with Gasteiger partial charge in [-0.2, -0.15) is 5.10 Å². The molecule has 0 radical (unpaired) electrons. The summed E-state index contributed by atoms with van der Waals surface area (Å²) < 4.78 is 7.12. The molecule has 0 bridgehead atoms. The standard InChI is InChI=1S/C21H26N6O2/c1-15(28)26-11-7-17(14-26)19-20-21(24-9-8-23-20)27(25-19)12-10-22-13-16-3-5-18(29-2)6-4-16/h3-6,8-9,17,22H,7,10-14H2,1-2H3. The highest BCUT2D eigenvalue weighted by Gasteiger charge is 2.30. The molecule has 1 aliphatic heterocycles. The Balaban J connectivity index is 1.42. The highest BCUT2D eigenvalue weighted by molar-refractivity contribution is 5.75. The minimum atomic E-state index is 0.116. The maximum Gasteiger partial charge on any atom is 0.219 e. The van der Waals surface area contributed by atoms with Gasteiger partial charge in [0.15, 0.2) is 5.65 Å². The Labute approximate surface area is 169 Å². The van der Waals surface area contributed by atoms with Crippen LogP contribution in [0.15, 0.2) is 36.7 Å². The summed E-state index contributed by atoms with van der Waals surface area (Å²) >= 11 is 0. The molecule has 1 saturated heterocycles. The van der Waals surface area contributed by atoms with E-state index in [9.17, 15) is 4.79 Å². The van der Waals surface area contributed by atoms with E-state index in [0.29, 0.717) is 13.1 Å². The molecule has 0 saturated carbocycles. The lowest BCUT2D eigenvalue weighted by molar-refractivity contribution is -0.127. The number of nitrogens with zero attached hydrogens (tertiary/aromatic N) is 5. The third-order valence-corrected chi connectivity index (χ3v) is 5.40. The fraction of sp³-hybridized carbons (Fsp3) is 0.429. The molecule has 8 heteroatoms. The van der Waals surface area contributed by atoms with Gasteiger partial charge < -0.3 is 15.0 Å². The first-order valence-electron chi connectivity index (χ1n) is 9.92. The van der Waals surface area contributed by atoms with Crippen molar-refractivity contribution in [1.29, 1.82) is 0 Å². The van der Waals surface area contributed by atoms with Crippen molar-refractivity contribution in [3.05, 3.63) is 47.9 Å². The number of likely N-dealkylation sites (tertiary alicyclic amines) is 1. The molecule has 4 rings (SSSR count). The molecule has 3 heterocycles. The Morgan fingerprint density at radius 3 is 2.76 bits per heavy atom. The number of rotatable bonds is 7. The van der Waals surface area contributed by atoms with Gasteiger partial charge in [-0.3, -0.25) is 4.79 Å². The molecule has 29 heavy (non-hydrogen) atoms. The SMILES string of the molecule is COc1ccc(CNCCn2nc(C3CCN(C(C)=O)C3)c3nccnc32)cc1. The van der Waals surface area contributed by atoms with E-state index in [1.54, 1.807) is 26.4 Å². The molecule has 1 unspecified atom stereocenters. The predicted octanol–water partition coefficient (Wildman–Crippen LogP) is 1.96. The first-order chi connectivity index (χ1) is 14.2. The number of benzene rings is 1. The number of nitrogens with one attached hydrogen (secondary N) is 1. The molecule has 1 atom stereocenters. The van der Waals surface area contributed by atoms with Gasteiger partial charge in [-0.1, -0.05) is 12.1 Å². The Morgan fingerprint density at radius 2 is 2.03 bits per heavy atom. The highest BCUT2D eigenvalue weighted by atomic mass is 16.5. The average molecular weight is 394 g/mol. The van der Waals surface area contributed by atoms with Gasteiger partial charge in [0.05, 0.1) is 19.3 Å². The van der Waals surface area contributed by atoms with Crippen LogP contribution in [0.4, 0.5) is 0 Å². The number of carbonyl (C=O) groups is 1. The van der Waals surface area contributed by atoms with E-state index >= 15 is 0 Å². The number of methoxy groups -OCH3 is 1. The van der Waals surface area contributed by atoms with Crippen molar-refractivity contribution >= 4 is 17.1 Å². The zero-order chi connectivity index (χ0) is 20.2. The van der Waals surface area contributed by atoms with Crippen molar-refractivity contribution in [2.24, 2.45) is 0 Å². The quantitative estimate of drug-likeness (QED) is 0.617. The summed E-state index contributed by atoms with van der Waals surface area (Å²) in [6, 6.07) is 8.04. The minimum Gasteiger partial charge on any atom is -0.497 e. The molecule has 1 fully saturated rings. The monoisotopic (exact) mass is 394 g/mol. The Bertz CT molecular complexity index is 985. The number of hydrogen-bond donors (Lipinski definition) is 1. The van der Waals surface area contributed by atoms with E-state index in [1.165, 1.54) is 5.56 Å². The molecular formula is C21H26N6O2. The van der Waals surface area contributed by atoms with Crippen LogP contribution in [0.2, 0.25) is 0 Å². The molecule has 1 aromatic carbocycles. The fourth-order valence-electron chi connectivity index (χ4n) is 3.79. The topological polar surface area (TPSA) is 85.2 Å². The third-order valence-electron chi connectivity index (χ3n) is 5.40. The summed E-state index contributed by atoms with van der Waals surface area (Å²) in [5, 5.41) is 8.28. The first kappa shape index (κ1) is 19.3. The van der Waals surface area contributed by atoms with E-state index in [4.69, 9.17) is 9.84 Å². The van der Waals surface area contributed by atoms with Crippen LogP contribution in [0.1, 0.15) is 30.5 Å². The molecule has 152 valence electrons. The van der Waals surface area contributed by atoms with Crippen LogP contribution >= 0.6 is 0 Å². The summed E-state index contributed by atoms with van der Waals surface area (Å²) in [6.07, 6.45) is 4.32. The molecule has 8 nitrogen and oxygen atoms in total. The molecule has 2 aromatic heterocycles. The molecule has 1 N–H and O–H groups in total. The summed E-state index contributed by atoms with van der Waals surface area (Å²) in [7, 11) is 1.67. The molecule has 1 amide bonds. The van der Waals surface area contributed by atoms with Crippen molar-refractivity contribution in [3.63, 3.8) is 0 Å². The van der Waals surface area contributed by atoms with Gasteiger partial charge in [0.25, 0.3) is 0 Å². The molecule has 3 aromatic rings. The summed E-state index contributed by atoms with van der Waals surface area (Å²) in [5.41, 5.74) is 3.80. The van der Waals surface area contributed by atoms with Gasteiger partial charge in [0.1, 0.15) is 11.3 Å². The molecule has 1 aliphatic rings.